The van der Waals surface area contributed by atoms with Crippen LogP contribution in [0.3, 0.4) is 0 Å². The summed E-state index contributed by atoms with van der Waals surface area (Å²) in [4.78, 5) is 10.1. The summed E-state index contributed by atoms with van der Waals surface area (Å²) < 4.78 is 0. The lowest BCUT2D eigenvalue weighted by Gasteiger charge is -2.16. The van der Waals surface area contributed by atoms with Gasteiger partial charge in [-0.1, -0.05) is 29.3 Å². The zero-order valence-corrected chi connectivity index (χ0v) is 15.7. The molecule has 1 aromatic heterocycles. The van der Waals surface area contributed by atoms with Gasteiger partial charge in [0, 0.05) is 27.9 Å². The Morgan fingerprint density at radius 1 is 1.39 bits per heavy atom. The van der Waals surface area contributed by atoms with Gasteiger partial charge < -0.3 is 11.1 Å². The lowest BCUT2D eigenvalue weighted by molar-refractivity contribution is 0.707. The van der Waals surface area contributed by atoms with Crippen molar-refractivity contribution in [1.29, 1.82) is 0 Å². The van der Waals surface area contributed by atoms with E-state index in [9.17, 15) is 0 Å². The number of nitrogens with zero attached hydrogens (tertiary/aromatic N) is 2. The molecule has 1 atom stereocenters. The van der Waals surface area contributed by atoms with E-state index in [2.05, 4.69) is 22.2 Å². The van der Waals surface area contributed by atoms with Crippen molar-refractivity contribution in [2.45, 2.75) is 33.2 Å². The Bertz CT molecular complexity index is 693. The van der Waals surface area contributed by atoms with Crippen LogP contribution in [0.15, 0.2) is 23.2 Å². The molecule has 7 heteroatoms. The highest BCUT2D eigenvalue weighted by Gasteiger charge is 2.10. The fourth-order valence-corrected chi connectivity index (χ4v) is 3.61. The lowest BCUT2D eigenvalue weighted by Crippen LogP contribution is -2.34. The van der Waals surface area contributed by atoms with Crippen LogP contribution in [-0.4, -0.2) is 17.5 Å². The van der Waals surface area contributed by atoms with Gasteiger partial charge in [-0.15, -0.1) is 11.3 Å². The van der Waals surface area contributed by atoms with Gasteiger partial charge in [0.2, 0.25) is 0 Å². The first-order valence-corrected chi connectivity index (χ1v) is 8.88. The van der Waals surface area contributed by atoms with Crippen molar-refractivity contribution in [2.75, 3.05) is 6.54 Å². The highest BCUT2D eigenvalue weighted by Crippen LogP contribution is 2.25. The first-order valence-electron chi connectivity index (χ1n) is 7.31. The van der Waals surface area contributed by atoms with Gasteiger partial charge >= 0.3 is 0 Å². The second kappa shape index (κ2) is 7.99. The average Bonchev–Trinajstić information content (AvgIpc) is 2.77. The number of benzene rings is 1. The Labute approximate surface area is 150 Å². The SMILES string of the molecule is Cc1nc(CCN=C(N)NC(C)c2ccc(Cl)cc2Cl)sc1C. The summed E-state index contributed by atoms with van der Waals surface area (Å²) in [5.74, 6) is 0.397. The maximum absolute atomic E-state index is 6.20. The van der Waals surface area contributed by atoms with Crippen LogP contribution in [0.1, 0.15) is 34.1 Å². The molecule has 0 saturated heterocycles. The van der Waals surface area contributed by atoms with Crippen LogP contribution in [-0.2, 0) is 6.42 Å². The zero-order chi connectivity index (χ0) is 17.0. The van der Waals surface area contributed by atoms with Crippen LogP contribution < -0.4 is 11.1 Å². The molecule has 3 N–H and O–H groups in total. The highest BCUT2D eigenvalue weighted by atomic mass is 35.5. The molecule has 124 valence electrons. The Balaban J connectivity index is 1.91. The predicted octanol–water partition coefficient (Wildman–Crippen LogP) is 4.27. The van der Waals surface area contributed by atoms with E-state index in [4.69, 9.17) is 28.9 Å². The van der Waals surface area contributed by atoms with Crippen LogP contribution in [0, 0.1) is 13.8 Å². The lowest BCUT2D eigenvalue weighted by atomic mass is 10.1. The van der Waals surface area contributed by atoms with Crippen molar-refractivity contribution < 1.29 is 0 Å². The average molecular weight is 371 g/mol. The summed E-state index contributed by atoms with van der Waals surface area (Å²) in [5.41, 5.74) is 7.96. The number of nitrogens with two attached hydrogens (primary N) is 1. The molecule has 0 saturated carbocycles. The molecule has 0 aliphatic carbocycles. The number of guanidine groups is 1. The molecular weight excluding hydrogens is 351 g/mol. The van der Waals surface area contributed by atoms with E-state index in [0.29, 0.717) is 22.5 Å². The Kier molecular flexibility index (Phi) is 6.27. The number of halogens is 2. The van der Waals surface area contributed by atoms with E-state index in [1.807, 2.05) is 19.9 Å². The van der Waals surface area contributed by atoms with Crippen LogP contribution in [0.4, 0.5) is 0 Å². The normalized spacial score (nSPS) is 13.2. The molecule has 4 nitrogen and oxygen atoms in total. The maximum Gasteiger partial charge on any atom is 0.189 e. The van der Waals surface area contributed by atoms with Crippen LogP contribution in [0.2, 0.25) is 10.0 Å². The Hall–Kier alpha value is -1.30. The molecule has 0 fully saturated rings. The summed E-state index contributed by atoms with van der Waals surface area (Å²) in [6.07, 6.45) is 0.789. The van der Waals surface area contributed by atoms with Crippen molar-refractivity contribution in [3.63, 3.8) is 0 Å². The minimum Gasteiger partial charge on any atom is -0.370 e. The van der Waals surface area contributed by atoms with Crippen LogP contribution in [0.5, 0.6) is 0 Å². The van der Waals surface area contributed by atoms with E-state index < -0.39 is 0 Å². The van der Waals surface area contributed by atoms with Crippen molar-refractivity contribution in [3.05, 3.63) is 49.4 Å². The minimum atomic E-state index is -0.0483. The Morgan fingerprint density at radius 3 is 2.74 bits per heavy atom. The van der Waals surface area contributed by atoms with E-state index in [1.54, 1.807) is 23.5 Å². The van der Waals surface area contributed by atoms with Crippen molar-refractivity contribution in [3.8, 4) is 0 Å². The van der Waals surface area contributed by atoms with Gasteiger partial charge in [-0.05, 0) is 38.5 Å². The number of aliphatic imine (C=N–C) groups is 1. The first kappa shape index (κ1) is 18.0. The smallest absolute Gasteiger partial charge is 0.189 e. The quantitative estimate of drug-likeness (QED) is 0.609. The van der Waals surface area contributed by atoms with E-state index in [0.717, 1.165) is 22.7 Å². The summed E-state index contributed by atoms with van der Waals surface area (Å²) in [7, 11) is 0. The molecular formula is C16H20Cl2N4S. The molecule has 0 aliphatic rings. The van der Waals surface area contributed by atoms with Gasteiger partial charge in [0.25, 0.3) is 0 Å². The molecule has 1 heterocycles. The predicted molar refractivity (Wildman–Crippen MR) is 99.8 cm³/mol. The molecule has 0 aliphatic heterocycles. The van der Waals surface area contributed by atoms with Gasteiger partial charge in [0.1, 0.15) is 0 Å². The molecule has 23 heavy (non-hydrogen) atoms. The van der Waals surface area contributed by atoms with Crippen LogP contribution >= 0.6 is 34.5 Å². The number of hydrogen-bond acceptors (Lipinski definition) is 3. The molecule has 2 aromatic rings. The standard InChI is InChI=1S/C16H20Cl2N4S/c1-9-11(3)23-15(21-9)6-7-20-16(19)22-10(2)13-5-4-12(17)8-14(13)18/h4-5,8,10H,6-7H2,1-3H3,(H3,19,20,22). The van der Waals surface area contributed by atoms with Gasteiger partial charge in [0.15, 0.2) is 5.96 Å². The molecule has 0 bridgehead atoms. The third-order valence-corrected chi connectivity index (χ3v) is 5.17. The molecule has 2 rings (SSSR count). The number of aryl methyl sites for hydroxylation is 2. The number of thiazole rings is 1. The number of aromatic nitrogens is 1. The number of hydrogen-bond donors (Lipinski definition) is 2. The summed E-state index contributed by atoms with van der Waals surface area (Å²) in [6, 6.07) is 5.36. The van der Waals surface area contributed by atoms with Gasteiger partial charge in [-0.2, -0.15) is 0 Å². The molecule has 0 amide bonds. The topological polar surface area (TPSA) is 63.3 Å². The monoisotopic (exact) mass is 370 g/mol. The van der Waals surface area contributed by atoms with Gasteiger partial charge in [0.05, 0.1) is 16.7 Å². The summed E-state index contributed by atoms with van der Waals surface area (Å²) in [5, 5.41) is 5.45. The third kappa shape index (κ3) is 5.09. The number of nitrogens with one attached hydrogen (secondary N) is 1. The second-order valence-electron chi connectivity index (χ2n) is 5.30. The van der Waals surface area contributed by atoms with Gasteiger partial charge in [-0.25, -0.2) is 4.98 Å². The van der Waals surface area contributed by atoms with E-state index in [1.165, 1.54) is 4.88 Å². The minimum absolute atomic E-state index is 0.0483. The summed E-state index contributed by atoms with van der Waals surface area (Å²) >= 11 is 13.8. The Morgan fingerprint density at radius 2 is 2.13 bits per heavy atom. The van der Waals surface area contributed by atoms with E-state index in [-0.39, 0.29) is 6.04 Å². The largest absolute Gasteiger partial charge is 0.370 e. The maximum atomic E-state index is 6.20. The molecule has 0 radical (unpaired) electrons. The summed E-state index contributed by atoms with van der Waals surface area (Å²) in [6.45, 7) is 6.68. The fourth-order valence-electron chi connectivity index (χ4n) is 2.12. The van der Waals surface area contributed by atoms with Gasteiger partial charge in [-0.3, -0.25) is 4.99 Å². The van der Waals surface area contributed by atoms with Crippen LogP contribution in [0.25, 0.3) is 0 Å². The molecule has 1 aromatic carbocycles. The van der Waals surface area contributed by atoms with Crippen molar-refractivity contribution in [2.24, 2.45) is 10.7 Å². The van der Waals surface area contributed by atoms with Crippen molar-refractivity contribution in [1.82, 2.24) is 10.3 Å². The van der Waals surface area contributed by atoms with E-state index >= 15 is 0 Å². The fraction of sp³-hybridized carbons (Fsp3) is 0.375. The molecule has 1 unspecified atom stereocenters. The number of rotatable bonds is 5. The molecule has 0 spiro atoms. The zero-order valence-electron chi connectivity index (χ0n) is 13.4. The highest BCUT2D eigenvalue weighted by molar-refractivity contribution is 7.11. The van der Waals surface area contributed by atoms with Crippen molar-refractivity contribution >= 4 is 40.5 Å². The first-order chi connectivity index (χ1) is 10.9. The third-order valence-electron chi connectivity index (χ3n) is 3.47. The second-order valence-corrected chi connectivity index (χ2v) is 7.43.